The Balaban J connectivity index is 1.22. The molecule has 2 aromatic rings. The number of carbonyl (C=O) groups excluding carboxylic acids is 4. The van der Waals surface area contributed by atoms with Crippen molar-refractivity contribution in [3.63, 3.8) is 0 Å². The van der Waals surface area contributed by atoms with Crippen LogP contribution in [0.2, 0.25) is 0 Å². The third-order valence-electron chi connectivity index (χ3n) is 11.8. The molecule has 2 amide bonds. The number of phosphoric acid groups is 3. The van der Waals surface area contributed by atoms with Gasteiger partial charge in [-0.2, -0.15) is 0 Å². The zero-order valence-electron chi connectivity index (χ0n) is 41.4. The number of rotatable bonds is 40. The number of carbonyl (C=O) groups is 4. The van der Waals surface area contributed by atoms with Crippen LogP contribution in [0.5, 0.6) is 0 Å². The van der Waals surface area contributed by atoms with Crippen LogP contribution in [0.4, 0.5) is 5.82 Å². The second kappa shape index (κ2) is 32.6. The molecule has 418 valence electrons. The van der Waals surface area contributed by atoms with Gasteiger partial charge in [-0.3, -0.25) is 28.1 Å². The highest BCUT2D eigenvalue weighted by molar-refractivity contribution is 8.13. The number of hydrogen-bond donors (Lipinski definition) is 5. The molecule has 3 rings (SSSR count). The van der Waals surface area contributed by atoms with Gasteiger partial charge in [0.05, 0.1) is 27.4 Å². The fourth-order valence-electron chi connectivity index (χ4n) is 7.71. The van der Waals surface area contributed by atoms with Gasteiger partial charge in [-0.25, -0.2) is 19.3 Å². The number of aliphatic hydroxyl groups is 2. The number of anilines is 1. The van der Waals surface area contributed by atoms with Gasteiger partial charge in [0.1, 0.15) is 36.3 Å². The molecule has 0 bridgehead atoms. The molecule has 0 radical (unpaired) electrons. The van der Waals surface area contributed by atoms with Crippen LogP contribution in [0.1, 0.15) is 155 Å². The normalized spacial score (nSPS) is 19.3. The van der Waals surface area contributed by atoms with E-state index in [2.05, 4.69) is 43.5 Å². The van der Waals surface area contributed by atoms with Gasteiger partial charge < -0.3 is 78.9 Å². The lowest BCUT2D eigenvalue weighted by atomic mass is 9.87. The van der Waals surface area contributed by atoms with Gasteiger partial charge in [0.15, 0.2) is 22.8 Å². The molecule has 7 atom stereocenters. The summed E-state index contributed by atoms with van der Waals surface area (Å²) in [5, 5.41) is 36.9. The average molecular weight is 1120 g/mol. The summed E-state index contributed by atoms with van der Waals surface area (Å²) < 4.78 is 60.9. The van der Waals surface area contributed by atoms with Crippen molar-refractivity contribution in [2.24, 2.45) is 5.41 Å². The zero-order valence-corrected chi connectivity index (χ0v) is 44.9. The fourth-order valence-corrected chi connectivity index (χ4v) is 11.2. The molecule has 0 saturated carbocycles. The number of imidazole rings is 1. The minimum absolute atomic E-state index is 0.0223. The number of nitrogens with two attached hydrogens (primary N) is 1. The lowest BCUT2D eigenvalue weighted by Gasteiger charge is -2.36. The van der Waals surface area contributed by atoms with Crippen molar-refractivity contribution >= 4 is 75.1 Å². The van der Waals surface area contributed by atoms with Crippen LogP contribution in [0.25, 0.3) is 11.2 Å². The largest absolute Gasteiger partial charge is 0.790 e. The molecular formula is C43H71N7O19P3S-5. The Morgan fingerprint density at radius 2 is 1.33 bits per heavy atom. The second-order valence-electron chi connectivity index (χ2n) is 18.4. The summed E-state index contributed by atoms with van der Waals surface area (Å²) in [7, 11) is -17.6. The van der Waals surface area contributed by atoms with Crippen molar-refractivity contribution in [2.45, 2.75) is 179 Å². The highest BCUT2D eigenvalue weighted by atomic mass is 32.2. The molecular weight excluding hydrogens is 1040 g/mol. The first-order valence-electron chi connectivity index (χ1n) is 24.6. The van der Waals surface area contributed by atoms with Crippen molar-refractivity contribution < 1.29 is 90.4 Å². The molecule has 2 unspecified atom stereocenters. The van der Waals surface area contributed by atoms with Crippen LogP contribution in [0.15, 0.2) is 12.7 Å². The maximum absolute atomic E-state index is 12.7. The Morgan fingerprint density at radius 1 is 0.795 bits per heavy atom. The number of hydrogen-bond acceptors (Lipinski definition) is 24. The number of nitrogens with one attached hydrogen (secondary N) is 2. The predicted molar refractivity (Wildman–Crippen MR) is 256 cm³/mol. The van der Waals surface area contributed by atoms with E-state index in [4.69, 9.17) is 10.5 Å². The standard InChI is InChI=1S/C43H76N7O19P3S/c1-43(2,28-66-72(63,64)69-71(61,62)65-27-31-37(68-70(58,59)60)36(55)42(67-31)50-30-49-35-39(44)47-29-48-40(35)50)38(56)41(57)46-24-23-32(51)45-25-26-73-34(54)22-20-18-16-14-12-10-8-6-4-3-5-7-9-11-13-15-17-19-21-33(52)53/h29-31,36-38,42,55-56H,3-28H2,1-2H3,(H,45,51)(H,46,57)(H,52,53)(H,61,62)(H,63,64)(H2,44,47,48)(H2,58,59,60)/p-5/t31-,36-,37-,38+,42-/m1/s1. The number of aliphatic hydroxyl groups excluding tert-OH is 2. The Morgan fingerprint density at radius 3 is 1.88 bits per heavy atom. The SMILES string of the molecule is CC(C)(COP(=O)([O-])OP(=O)([O-])OC[C@H]1O[C@@H](n2cnc3c(N)ncnc32)[C@H](O)[C@@H]1OP(=O)([O-])[O-])[C@@H](O)C(=O)NCCC(=O)NCCSC(=O)CCCCCCCCCCCCCCCCCCCCC(=O)[O-]. The summed E-state index contributed by atoms with van der Waals surface area (Å²) >= 11 is 1.13. The number of unbranched alkanes of at least 4 members (excludes halogenated alkanes) is 17. The van der Waals surface area contributed by atoms with E-state index in [1.54, 1.807) is 0 Å². The van der Waals surface area contributed by atoms with Crippen LogP contribution < -0.4 is 41.0 Å². The molecule has 0 spiro atoms. The van der Waals surface area contributed by atoms with E-state index < -0.39 is 90.5 Å². The van der Waals surface area contributed by atoms with Gasteiger partial charge in [-0.05, 0) is 19.3 Å². The molecule has 1 aliphatic heterocycles. The highest BCUT2D eigenvalue weighted by Crippen LogP contribution is 2.56. The molecule has 1 fully saturated rings. The fraction of sp³-hybridized carbons (Fsp3) is 0.791. The van der Waals surface area contributed by atoms with E-state index in [0.717, 1.165) is 73.9 Å². The summed E-state index contributed by atoms with van der Waals surface area (Å²) in [5.41, 5.74) is 4.08. The Bertz CT molecular complexity index is 2170. The minimum atomic E-state index is -5.93. The molecule has 26 nitrogen and oxygen atoms in total. The number of aliphatic carboxylic acids is 1. The van der Waals surface area contributed by atoms with Gasteiger partial charge in [0.25, 0.3) is 15.6 Å². The lowest BCUT2D eigenvalue weighted by Crippen LogP contribution is -2.46. The monoisotopic (exact) mass is 1110 g/mol. The molecule has 6 N–H and O–H groups in total. The first-order valence-corrected chi connectivity index (χ1v) is 30.0. The predicted octanol–water partition coefficient (Wildman–Crippen LogP) is 1.69. The zero-order chi connectivity index (χ0) is 54.1. The number of fused-ring (bicyclic) bond motifs is 1. The van der Waals surface area contributed by atoms with Crippen molar-refractivity contribution in [3.8, 4) is 0 Å². The maximum Gasteiger partial charge on any atom is 0.274 e. The topological polar surface area (TPSA) is 415 Å². The number of aromatic nitrogens is 4. The second-order valence-corrected chi connectivity index (χ2v) is 23.7. The number of amides is 2. The number of ether oxygens (including phenoxy) is 1. The van der Waals surface area contributed by atoms with Crippen LogP contribution in [-0.4, -0.2) is 109 Å². The van der Waals surface area contributed by atoms with Gasteiger partial charge in [0, 0.05) is 43.1 Å². The Hall–Kier alpha value is -2.97. The first kappa shape index (κ1) is 64.3. The van der Waals surface area contributed by atoms with Crippen molar-refractivity contribution in [1.29, 1.82) is 0 Å². The number of thioether (sulfide) groups is 1. The summed E-state index contributed by atoms with van der Waals surface area (Å²) in [6.07, 6.45) is 13.6. The van der Waals surface area contributed by atoms with E-state index >= 15 is 0 Å². The molecule has 0 aromatic carbocycles. The van der Waals surface area contributed by atoms with Gasteiger partial charge in [-0.15, -0.1) is 0 Å². The maximum atomic E-state index is 12.7. The summed E-state index contributed by atoms with van der Waals surface area (Å²) in [6.45, 7) is 0.132. The third-order valence-corrected chi connectivity index (χ3v) is 15.7. The average Bonchev–Trinajstić information content (AvgIpc) is 3.87. The summed E-state index contributed by atoms with van der Waals surface area (Å²) in [4.78, 5) is 107. The molecule has 30 heteroatoms. The van der Waals surface area contributed by atoms with Crippen LogP contribution in [-0.2, 0) is 55.5 Å². The van der Waals surface area contributed by atoms with Crippen LogP contribution in [0.3, 0.4) is 0 Å². The van der Waals surface area contributed by atoms with Crippen molar-refractivity contribution in [3.05, 3.63) is 12.7 Å². The summed E-state index contributed by atoms with van der Waals surface area (Å²) in [6, 6.07) is 0. The smallest absolute Gasteiger partial charge is 0.274 e. The highest BCUT2D eigenvalue weighted by Gasteiger charge is 2.47. The van der Waals surface area contributed by atoms with E-state index in [1.165, 1.54) is 84.5 Å². The van der Waals surface area contributed by atoms with E-state index in [-0.39, 0.29) is 48.0 Å². The Kier molecular flexibility index (Phi) is 28.7. The molecule has 1 aliphatic rings. The first-order chi connectivity index (χ1) is 34.4. The van der Waals surface area contributed by atoms with E-state index in [1.807, 2.05) is 0 Å². The van der Waals surface area contributed by atoms with Gasteiger partial charge in [0.2, 0.25) is 11.8 Å². The number of nitrogen functional groups attached to an aromatic ring is 1. The quantitative estimate of drug-likeness (QED) is 0.0468. The molecule has 3 heterocycles. The number of carboxylic acids is 1. The summed E-state index contributed by atoms with van der Waals surface area (Å²) in [5.74, 6) is -2.13. The Labute approximate surface area is 429 Å². The van der Waals surface area contributed by atoms with Crippen molar-refractivity contribution in [2.75, 3.05) is 37.8 Å². The van der Waals surface area contributed by atoms with Gasteiger partial charge in [-0.1, -0.05) is 128 Å². The number of nitrogens with zero attached hydrogens (tertiary/aromatic N) is 4. The molecule has 2 aromatic heterocycles. The minimum Gasteiger partial charge on any atom is -0.790 e. The van der Waals surface area contributed by atoms with Crippen molar-refractivity contribution in [1.82, 2.24) is 30.2 Å². The van der Waals surface area contributed by atoms with E-state index in [0.29, 0.717) is 12.2 Å². The molecule has 73 heavy (non-hydrogen) atoms. The molecule has 1 saturated heterocycles. The van der Waals surface area contributed by atoms with E-state index in [9.17, 15) is 67.8 Å². The third kappa shape index (κ3) is 25.6. The number of carboxylic acid groups (broad SMARTS) is 1. The lowest BCUT2D eigenvalue weighted by molar-refractivity contribution is -0.347. The molecule has 0 aliphatic carbocycles. The van der Waals surface area contributed by atoms with Crippen LogP contribution in [0, 0.1) is 5.41 Å². The van der Waals surface area contributed by atoms with Gasteiger partial charge >= 0.3 is 0 Å². The number of phosphoric ester groups is 3. The van der Waals surface area contributed by atoms with Crippen LogP contribution >= 0.6 is 35.2 Å².